The Morgan fingerprint density at radius 2 is 1.48 bits per heavy atom. The first-order valence-electron chi connectivity index (χ1n) is 9.55. The van der Waals surface area contributed by atoms with E-state index in [1.807, 2.05) is 13.0 Å². The molecule has 1 heterocycles. The number of rotatable bonds is 5. The van der Waals surface area contributed by atoms with E-state index in [-0.39, 0.29) is 16.2 Å². The van der Waals surface area contributed by atoms with Crippen LogP contribution in [0, 0.1) is 6.92 Å². The first kappa shape index (κ1) is 20.6. The molecule has 4 rings (SSSR count). The molecule has 4 aromatic rings. The van der Waals surface area contributed by atoms with Crippen molar-refractivity contribution in [3.05, 3.63) is 100 Å². The van der Waals surface area contributed by atoms with E-state index in [0.717, 1.165) is 5.56 Å². The lowest BCUT2D eigenvalue weighted by Crippen LogP contribution is -2.27. The van der Waals surface area contributed by atoms with Gasteiger partial charge in [-0.3, -0.25) is 14.2 Å². The predicted octanol–water partition coefficient (Wildman–Crippen LogP) is 4.27. The van der Waals surface area contributed by atoms with Gasteiger partial charge in [0.15, 0.2) is 11.5 Å². The molecule has 0 unspecified atom stereocenters. The maximum atomic E-state index is 13.4. The molecule has 1 aromatic heterocycles. The van der Waals surface area contributed by atoms with E-state index in [4.69, 9.17) is 4.18 Å². The number of Topliss-reactive ketones (excluding diaryl/α,β-unsaturated/α-hetero) is 1. The summed E-state index contributed by atoms with van der Waals surface area (Å²) in [6.07, 6.45) is 0. The minimum Gasteiger partial charge on any atom is -0.377 e. The van der Waals surface area contributed by atoms with Crippen molar-refractivity contribution in [3.63, 3.8) is 0 Å². The fourth-order valence-corrected chi connectivity index (χ4v) is 4.36. The van der Waals surface area contributed by atoms with Crippen molar-refractivity contribution in [1.29, 1.82) is 0 Å². The molecule has 0 bridgehead atoms. The van der Waals surface area contributed by atoms with Crippen LogP contribution in [0.3, 0.4) is 0 Å². The van der Waals surface area contributed by atoms with E-state index < -0.39 is 21.5 Å². The van der Waals surface area contributed by atoms with Crippen LogP contribution in [0.4, 0.5) is 0 Å². The van der Waals surface area contributed by atoms with Crippen LogP contribution >= 0.6 is 0 Å². The number of hydrogen-bond donors (Lipinski definition) is 0. The summed E-state index contributed by atoms with van der Waals surface area (Å²) in [6.45, 7) is 3.05. The molecule has 156 valence electrons. The minimum atomic E-state index is -4.27. The van der Waals surface area contributed by atoms with Gasteiger partial charge in [-0.15, -0.1) is 0 Å². The van der Waals surface area contributed by atoms with Crippen molar-refractivity contribution >= 4 is 26.8 Å². The van der Waals surface area contributed by atoms with Crippen LogP contribution in [0.1, 0.15) is 22.8 Å². The Balaban J connectivity index is 2.03. The highest BCUT2D eigenvalue weighted by atomic mass is 32.2. The number of benzene rings is 3. The monoisotopic (exact) mass is 433 g/mol. The number of aromatic nitrogens is 1. The summed E-state index contributed by atoms with van der Waals surface area (Å²) in [5.41, 5.74) is 0.904. The Morgan fingerprint density at radius 1 is 0.871 bits per heavy atom. The highest BCUT2D eigenvalue weighted by Gasteiger charge is 2.27. The Morgan fingerprint density at radius 3 is 2.13 bits per heavy atom. The zero-order valence-corrected chi connectivity index (χ0v) is 17.7. The first-order chi connectivity index (χ1) is 14.8. The fourth-order valence-electron chi connectivity index (χ4n) is 3.41. The average molecular weight is 433 g/mol. The van der Waals surface area contributed by atoms with Gasteiger partial charge in [0.05, 0.1) is 5.52 Å². The molecule has 0 fully saturated rings. The zero-order chi connectivity index (χ0) is 22.2. The van der Waals surface area contributed by atoms with E-state index in [0.29, 0.717) is 16.6 Å². The maximum Gasteiger partial charge on any atom is 0.339 e. The number of aryl methyl sites for hydroxylation is 1. The fraction of sp³-hybridized carbons (Fsp3) is 0.0833. The molecule has 6 nitrogen and oxygen atoms in total. The summed E-state index contributed by atoms with van der Waals surface area (Å²) in [4.78, 5) is 25.8. The van der Waals surface area contributed by atoms with E-state index in [1.54, 1.807) is 60.7 Å². The van der Waals surface area contributed by atoms with Crippen LogP contribution in [0.15, 0.2) is 88.6 Å². The van der Waals surface area contributed by atoms with E-state index in [2.05, 4.69) is 0 Å². The summed E-state index contributed by atoms with van der Waals surface area (Å²) in [7, 11) is -4.27. The zero-order valence-electron chi connectivity index (χ0n) is 16.9. The molecule has 7 heteroatoms. The molecule has 0 atom stereocenters. The van der Waals surface area contributed by atoms with Gasteiger partial charge in [0, 0.05) is 11.1 Å². The molecule has 0 aliphatic carbocycles. The molecule has 0 N–H and O–H groups in total. The summed E-state index contributed by atoms with van der Waals surface area (Å²) >= 11 is 0. The van der Waals surface area contributed by atoms with Crippen LogP contribution < -0.4 is 9.74 Å². The number of hydrogen-bond acceptors (Lipinski definition) is 5. The average Bonchev–Trinajstić information content (AvgIpc) is 2.74. The predicted molar refractivity (Wildman–Crippen MR) is 119 cm³/mol. The quantitative estimate of drug-likeness (QED) is 0.347. The van der Waals surface area contributed by atoms with Gasteiger partial charge in [-0.1, -0.05) is 48.0 Å². The minimum absolute atomic E-state index is 0.0658. The summed E-state index contributed by atoms with van der Waals surface area (Å²) < 4.78 is 32.7. The van der Waals surface area contributed by atoms with Crippen molar-refractivity contribution in [2.45, 2.75) is 18.7 Å². The van der Waals surface area contributed by atoms with E-state index >= 15 is 0 Å². The Bertz CT molecular complexity index is 1450. The van der Waals surface area contributed by atoms with E-state index in [9.17, 15) is 18.0 Å². The molecule has 31 heavy (non-hydrogen) atoms. The second-order valence-corrected chi connectivity index (χ2v) is 8.65. The molecule has 0 aliphatic heterocycles. The van der Waals surface area contributed by atoms with Gasteiger partial charge in [0.2, 0.25) is 0 Å². The lowest BCUT2D eigenvalue weighted by molar-refractivity contribution is 0.101. The number of nitrogens with zero attached hydrogens (tertiary/aromatic N) is 1. The van der Waals surface area contributed by atoms with Crippen molar-refractivity contribution in [3.8, 4) is 11.4 Å². The number of fused-ring (bicyclic) bond motifs is 1. The number of carbonyl (C=O) groups is 1. The van der Waals surface area contributed by atoms with Gasteiger partial charge in [-0.2, -0.15) is 8.42 Å². The molecule has 0 saturated heterocycles. The summed E-state index contributed by atoms with van der Waals surface area (Å²) in [6, 6.07) is 21.7. The maximum absolute atomic E-state index is 13.4. The SMILES string of the molecule is CC(=O)c1c(OS(=O)(=O)c2ccc(C)cc2)c2ccccc2n(-c2ccccc2)c1=O. The van der Waals surface area contributed by atoms with Crippen LogP contribution in [0.25, 0.3) is 16.6 Å². The third kappa shape index (κ3) is 3.75. The normalized spacial score (nSPS) is 11.4. The second kappa shape index (κ2) is 7.85. The van der Waals surface area contributed by atoms with Crippen LogP contribution in [0.2, 0.25) is 0 Å². The third-order valence-electron chi connectivity index (χ3n) is 4.90. The smallest absolute Gasteiger partial charge is 0.339 e. The Hall–Kier alpha value is -3.71. The topological polar surface area (TPSA) is 82.4 Å². The number of para-hydroxylation sites is 2. The van der Waals surface area contributed by atoms with Gasteiger partial charge in [0.25, 0.3) is 5.56 Å². The van der Waals surface area contributed by atoms with Crippen molar-refractivity contribution in [2.75, 3.05) is 0 Å². The highest BCUT2D eigenvalue weighted by Crippen LogP contribution is 2.32. The number of carbonyl (C=O) groups excluding carboxylic acids is 1. The largest absolute Gasteiger partial charge is 0.377 e. The molecule has 0 amide bonds. The molecule has 0 spiro atoms. The Kier molecular flexibility index (Phi) is 5.20. The van der Waals surface area contributed by atoms with E-state index in [1.165, 1.54) is 23.6 Å². The van der Waals surface area contributed by atoms with Gasteiger partial charge >= 0.3 is 10.1 Å². The molecule has 3 aromatic carbocycles. The van der Waals surface area contributed by atoms with Gasteiger partial charge in [-0.25, -0.2) is 0 Å². The van der Waals surface area contributed by atoms with Gasteiger partial charge < -0.3 is 4.18 Å². The lowest BCUT2D eigenvalue weighted by Gasteiger charge is -2.17. The van der Waals surface area contributed by atoms with Gasteiger partial charge in [-0.05, 0) is 50.2 Å². The molecule has 0 radical (unpaired) electrons. The second-order valence-electron chi connectivity index (χ2n) is 7.10. The van der Waals surface area contributed by atoms with Crippen molar-refractivity contribution < 1.29 is 17.4 Å². The molecule has 0 aliphatic rings. The van der Waals surface area contributed by atoms with Crippen LogP contribution in [-0.2, 0) is 10.1 Å². The first-order valence-corrected chi connectivity index (χ1v) is 11.0. The molecule has 0 saturated carbocycles. The summed E-state index contributed by atoms with van der Waals surface area (Å²) in [5, 5.41) is 0.340. The molecular weight excluding hydrogens is 414 g/mol. The summed E-state index contributed by atoms with van der Waals surface area (Å²) in [5.74, 6) is -0.851. The van der Waals surface area contributed by atoms with Crippen LogP contribution in [0.5, 0.6) is 5.75 Å². The Labute approximate surface area is 179 Å². The molecular formula is C24H19NO5S. The lowest BCUT2D eigenvalue weighted by atomic mass is 10.1. The van der Waals surface area contributed by atoms with Gasteiger partial charge in [0.1, 0.15) is 10.5 Å². The number of pyridine rings is 1. The highest BCUT2D eigenvalue weighted by molar-refractivity contribution is 7.87. The number of ketones is 1. The standard InChI is InChI=1S/C24H19NO5S/c1-16-12-14-19(15-13-16)31(28,29)30-23-20-10-6-7-11-21(20)25(18-8-4-3-5-9-18)24(27)22(23)17(2)26/h3-15H,1-2H3. The van der Waals surface area contributed by atoms with Crippen molar-refractivity contribution in [1.82, 2.24) is 4.57 Å². The van der Waals surface area contributed by atoms with Crippen LogP contribution in [-0.4, -0.2) is 18.8 Å². The third-order valence-corrected chi connectivity index (χ3v) is 6.14. The van der Waals surface area contributed by atoms with Crippen molar-refractivity contribution in [2.24, 2.45) is 0 Å².